The molecule has 5 heterocycles. The number of anilines is 3. The topological polar surface area (TPSA) is 77.5 Å². The minimum Gasteiger partial charge on any atom is -0.310 e. The minimum atomic E-state index is 0.538. The molecule has 14 aromatic rings. The number of rotatable bonds is 10. The number of fused-ring (bicyclic) bond motifs is 6. The molecule has 0 atom stereocenters. The highest BCUT2D eigenvalue weighted by Gasteiger charge is 2.23. The quantitative estimate of drug-likeness (QED) is 0.136. The van der Waals surface area contributed by atoms with E-state index in [1.165, 1.54) is 5.39 Å². The van der Waals surface area contributed by atoms with Crippen molar-refractivity contribution in [3.63, 3.8) is 0 Å². The zero-order valence-corrected chi connectivity index (χ0v) is 40.5. The fourth-order valence-corrected chi connectivity index (χ4v) is 10.6. The SMILES string of the molecule is c1ccc(-c2nc(-c3ccccc3)nc(-n3c4ccc(-c5cccc(N(c6cccc(-c7ccccn7)c6)c6cccc(-c7ccccn7)c6)c5)cc4c4cc5c6ccccc6n(-c6ccccc6)c5cc43)n2)cc1. The largest absolute Gasteiger partial charge is 0.310 e. The lowest BCUT2D eigenvalue weighted by atomic mass is 10.0. The molecule has 0 aliphatic heterocycles. The maximum absolute atomic E-state index is 5.32. The monoisotopic (exact) mass is 960 g/mol. The Balaban J connectivity index is 0.993. The molecule has 0 N–H and O–H groups in total. The summed E-state index contributed by atoms with van der Waals surface area (Å²) < 4.78 is 4.59. The van der Waals surface area contributed by atoms with E-state index < -0.39 is 0 Å². The molecular formula is C67H44N8. The fourth-order valence-electron chi connectivity index (χ4n) is 10.6. The van der Waals surface area contributed by atoms with E-state index in [1.807, 2.05) is 73.1 Å². The zero-order valence-electron chi connectivity index (χ0n) is 40.5. The molecule has 9 aromatic carbocycles. The Bertz CT molecular complexity index is 4260. The molecule has 75 heavy (non-hydrogen) atoms. The molecule has 8 heteroatoms. The third kappa shape index (κ3) is 7.85. The lowest BCUT2D eigenvalue weighted by molar-refractivity contribution is 0.953. The third-order valence-electron chi connectivity index (χ3n) is 14.0. The van der Waals surface area contributed by atoms with Crippen molar-refractivity contribution >= 4 is 60.7 Å². The van der Waals surface area contributed by atoms with Gasteiger partial charge in [-0.1, -0.05) is 152 Å². The highest BCUT2D eigenvalue weighted by molar-refractivity contribution is 6.19. The molecule has 8 nitrogen and oxygen atoms in total. The van der Waals surface area contributed by atoms with Gasteiger partial charge in [0.25, 0.3) is 0 Å². The number of hydrogen-bond acceptors (Lipinski definition) is 6. The van der Waals surface area contributed by atoms with E-state index in [9.17, 15) is 0 Å². The Hall–Kier alpha value is -10.3. The smallest absolute Gasteiger partial charge is 0.238 e. The van der Waals surface area contributed by atoms with Crippen molar-refractivity contribution in [3.05, 3.63) is 267 Å². The average molecular weight is 961 g/mol. The molecule has 0 radical (unpaired) electrons. The highest BCUT2D eigenvalue weighted by Crippen LogP contribution is 2.43. The van der Waals surface area contributed by atoms with Crippen LogP contribution in [0.1, 0.15) is 0 Å². The Morgan fingerprint density at radius 2 is 0.747 bits per heavy atom. The first-order valence-electron chi connectivity index (χ1n) is 25.1. The molecule has 0 amide bonds. The van der Waals surface area contributed by atoms with Crippen LogP contribution in [0.5, 0.6) is 0 Å². The van der Waals surface area contributed by atoms with E-state index >= 15 is 0 Å². The molecule has 0 unspecified atom stereocenters. The van der Waals surface area contributed by atoms with Crippen molar-refractivity contribution in [3.8, 4) is 68.1 Å². The summed E-state index contributed by atoms with van der Waals surface area (Å²) in [4.78, 5) is 27.5. The van der Waals surface area contributed by atoms with Crippen LogP contribution < -0.4 is 4.90 Å². The first-order valence-corrected chi connectivity index (χ1v) is 25.1. The van der Waals surface area contributed by atoms with Gasteiger partial charge in [-0.05, 0) is 114 Å². The maximum atomic E-state index is 5.32. The highest BCUT2D eigenvalue weighted by atomic mass is 15.2. The Labute approximate surface area is 432 Å². The van der Waals surface area contributed by atoms with Gasteiger partial charge < -0.3 is 9.47 Å². The second-order valence-electron chi connectivity index (χ2n) is 18.6. The van der Waals surface area contributed by atoms with E-state index in [0.717, 1.165) is 106 Å². The van der Waals surface area contributed by atoms with Crippen LogP contribution in [-0.2, 0) is 0 Å². The van der Waals surface area contributed by atoms with Crippen LogP contribution in [0.3, 0.4) is 0 Å². The molecular weight excluding hydrogens is 917 g/mol. The molecule has 0 bridgehead atoms. The average Bonchev–Trinajstić information content (AvgIpc) is 4.03. The van der Waals surface area contributed by atoms with Gasteiger partial charge in [0, 0.05) is 78.9 Å². The lowest BCUT2D eigenvalue weighted by Crippen LogP contribution is -2.10. The van der Waals surface area contributed by atoms with Crippen molar-refractivity contribution in [1.29, 1.82) is 0 Å². The number of benzene rings is 9. The van der Waals surface area contributed by atoms with Gasteiger partial charge >= 0.3 is 0 Å². The van der Waals surface area contributed by atoms with Crippen LogP contribution >= 0.6 is 0 Å². The molecule has 0 saturated carbocycles. The summed E-state index contributed by atoms with van der Waals surface area (Å²) in [6, 6.07) is 89.2. The molecule has 0 saturated heterocycles. The van der Waals surface area contributed by atoms with Crippen LogP contribution in [0.25, 0.3) is 112 Å². The number of para-hydroxylation sites is 2. The normalized spacial score (nSPS) is 11.5. The summed E-state index contributed by atoms with van der Waals surface area (Å²) in [5, 5.41) is 4.52. The second kappa shape index (κ2) is 18.4. The molecule has 0 fully saturated rings. The van der Waals surface area contributed by atoms with Gasteiger partial charge in [-0.2, -0.15) is 9.97 Å². The Morgan fingerprint density at radius 1 is 0.280 bits per heavy atom. The predicted molar refractivity (Wildman–Crippen MR) is 306 cm³/mol. The van der Waals surface area contributed by atoms with Gasteiger partial charge in [0.15, 0.2) is 11.6 Å². The van der Waals surface area contributed by atoms with Crippen molar-refractivity contribution in [2.45, 2.75) is 0 Å². The summed E-state index contributed by atoms with van der Waals surface area (Å²) in [6.07, 6.45) is 3.68. The van der Waals surface area contributed by atoms with E-state index in [1.54, 1.807) is 0 Å². The molecule has 0 aliphatic rings. The first-order chi connectivity index (χ1) is 37.2. The minimum absolute atomic E-state index is 0.538. The Kier molecular flexibility index (Phi) is 10.7. The number of nitrogens with zero attached hydrogens (tertiary/aromatic N) is 8. The van der Waals surface area contributed by atoms with Crippen LogP contribution in [-0.4, -0.2) is 34.1 Å². The van der Waals surface area contributed by atoms with Gasteiger partial charge in [-0.15, -0.1) is 0 Å². The van der Waals surface area contributed by atoms with Crippen molar-refractivity contribution in [2.24, 2.45) is 0 Å². The van der Waals surface area contributed by atoms with Crippen molar-refractivity contribution in [2.75, 3.05) is 4.90 Å². The number of pyridine rings is 2. The van der Waals surface area contributed by atoms with Gasteiger partial charge in [0.05, 0.1) is 33.5 Å². The summed E-state index contributed by atoms with van der Waals surface area (Å²) in [5.74, 6) is 1.74. The second-order valence-corrected chi connectivity index (χ2v) is 18.6. The van der Waals surface area contributed by atoms with E-state index in [0.29, 0.717) is 17.6 Å². The van der Waals surface area contributed by atoms with Gasteiger partial charge in [0.1, 0.15) is 0 Å². The van der Waals surface area contributed by atoms with E-state index in [2.05, 4.69) is 208 Å². The van der Waals surface area contributed by atoms with E-state index in [4.69, 9.17) is 24.9 Å². The van der Waals surface area contributed by atoms with Crippen LogP contribution in [0.15, 0.2) is 267 Å². The molecule has 352 valence electrons. The van der Waals surface area contributed by atoms with E-state index in [-0.39, 0.29) is 0 Å². The molecule has 0 aliphatic carbocycles. The molecule has 14 rings (SSSR count). The number of aromatic nitrogens is 7. The van der Waals surface area contributed by atoms with Crippen molar-refractivity contribution < 1.29 is 0 Å². The summed E-state index contributed by atoms with van der Waals surface area (Å²) in [6.45, 7) is 0. The third-order valence-corrected chi connectivity index (χ3v) is 14.0. The maximum Gasteiger partial charge on any atom is 0.238 e. The predicted octanol–water partition coefficient (Wildman–Crippen LogP) is 16.7. The molecule has 5 aromatic heterocycles. The van der Waals surface area contributed by atoms with Crippen LogP contribution in [0.2, 0.25) is 0 Å². The Morgan fingerprint density at radius 3 is 1.35 bits per heavy atom. The molecule has 0 spiro atoms. The fraction of sp³-hybridized carbons (Fsp3) is 0. The van der Waals surface area contributed by atoms with Gasteiger partial charge in [-0.25, -0.2) is 4.98 Å². The first kappa shape index (κ1) is 43.5. The summed E-state index contributed by atoms with van der Waals surface area (Å²) in [7, 11) is 0. The summed E-state index contributed by atoms with van der Waals surface area (Å²) in [5.41, 5.74) is 16.2. The zero-order chi connectivity index (χ0) is 49.7. The standard InChI is InChI=1S/C67H44N8/c1-4-19-45(20-5-1)65-70-66(46-21-6-2-7-22-46)72-67(71-65)75-62-36-35-48(42-56(62)58-43-57-55-31-10-11-34-61(55)74(63(57)44-64(58)75)51-26-8-3-9-27-51)47-23-16-28-52(39-47)73(53-29-17-24-49(40-53)59-32-12-14-37-68-59)54-30-18-25-50(41-54)60-33-13-15-38-69-60/h1-44H. The van der Waals surface area contributed by atoms with Gasteiger partial charge in [0.2, 0.25) is 5.95 Å². The lowest BCUT2D eigenvalue weighted by Gasteiger charge is -2.27. The van der Waals surface area contributed by atoms with Crippen LogP contribution in [0.4, 0.5) is 17.1 Å². The number of hydrogen-bond donors (Lipinski definition) is 0. The van der Waals surface area contributed by atoms with Crippen molar-refractivity contribution in [1.82, 2.24) is 34.1 Å². The van der Waals surface area contributed by atoms with Crippen LogP contribution in [0, 0.1) is 0 Å². The van der Waals surface area contributed by atoms with Gasteiger partial charge in [-0.3, -0.25) is 14.5 Å². The summed E-state index contributed by atoms with van der Waals surface area (Å²) >= 11 is 0.